The van der Waals surface area contributed by atoms with Crippen molar-refractivity contribution in [3.8, 4) is 0 Å². The minimum atomic E-state index is -0.388. The zero-order valence-electron chi connectivity index (χ0n) is 10.1. The second-order valence-corrected chi connectivity index (χ2v) is 4.04. The van der Waals surface area contributed by atoms with Crippen molar-refractivity contribution in [1.29, 1.82) is 0 Å². The standard InChI is InChI=1S/C12H13N3O3/c1-8-3-4-10(6-12(8)15(16)17)13-7-11-5-9(2)18-14-11/h3-6,13H,7H2,1-2H3. The molecule has 6 heteroatoms. The highest BCUT2D eigenvalue weighted by molar-refractivity contribution is 5.54. The average molecular weight is 247 g/mol. The Labute approximate surface area is 104 Å². The molecular formula is C12H13N3O3. The minimum Gasteiger partial charge on any atom is -0.379 e. The van der Waals surface area contributed by atoms with Crippen molar-refractivity contribution >= 4 is 11.4 Å². The van der Waals surface area contributed by atoms with E-state index in [1.165, 1.54) is 6.07 Å². The molecule has 1 aromatic heterocycles. The lowest BCUT2D eigenvalue weighted by Gasteiger charge is -2.05. The van der Waals surface area contributed by atoms with Crippen LogP contribution in [0.3, 0.4) is 0 Å². The van der Waals surface area contributed by atoms with Crippen LogP contribution in [0, 0.1) is 24.0 Å². The number of nitrogens with one attached hydrogen (secondary N) is 1. The third-order valence-corrected chi connectivity index (χ3v) is 2.56. The molecular weight excluding hydrogens is 234 g/mol. The van der Waals surface area contributed by atoms with Crippen LogP contribution in [0.2, 0.25) is 0 Å². The molecule has 0 fully saturated rings. The van der Waals surface area contributed by atoms with Crippen LogP contribution < -0.4 is 5.32 Å². The molecule has 0 radical (unpaired) electrons. The van der Waals surface area contributed by atoms with Gasteiger partial charge in [0.1, 0.15) is 11.5 Å². The van der Waals surface area contributed by atoms with E-state index in [0.29, 0.717) is 17.8 Å². The lowest BCUT2D eigenvalue weighted by molar-refractivity contribution is -0.385. The van der Waals surface area contributed by atoms with E-state index in [2.05, 4.69) is 10.5 Å². The molecule has 0 aliphatic rings. The maximum absolute atomic E-state index is 10.8. The summed E-state index contributed by atoms with van der Waals surface area (Å²) in [5.41, 5.74) is 2.20. The van der Waals surface area contributed by atoms with Crippen LogP contribution in [-0.2, 0) is 6.54 Å². The number of aryl methyl sites for hydroxylation is 2. The molecule has 0 unspecified atom stereocenters. The summed E-state index contributed by atoms with van der Waals surface area (Å²) in [5, 5.41) is 17.7. The Balaban J connectivity index is 2.10. The molecule has 0 saturated carbocycles. The van der Waals surface area contributed by atoms with Crippen LogP contribution in [-0.4, -0.2) is 10.1 Å². The van der Waals surface area contributed by atoms with Crippen LogP contribution >= 0.6 is 0 Å². The molecule has 0 aliphatic carbocycles. The molecule has 1 aromatic carbocycles. The van der Waals surface area contributed by atoms with Gasteiger partial charge in [-0.1, -0.05) is 11.2 Å². The number of hydrogen-bond donors (Lipinski definition) is 1. The van der Waals surface area contributed by atoms with Gasteiger partial charge in [-0.15, -0.1) is 0 Å². The van der Waals surface area contributed by atoms with Gasteiger partial charge in [-0.3, -0.25) is 10.1 Å². The van der Waals surface area contributed by atoms with Crippen molar-refractivity contribution in [2.75, 3.05) is 5.32 Å². The van der Waals surface area contributed by atoms with Gasteiger partial charge in [0.15, 0.2) is 0 Å². The van der Waals surface area contributed by atoms with E-state index in [4.69, 9.17) is 4.52 Å². The van der Waals surface area contributed by atoms with Gasteiger partial charge >= 0.3 is 0 Å². The summed E-state index contributed by atoms with van der Waals surface area (Å²) in [5.74, 6) is 0.738. The number of benzene rings is 1. The molecule has 0 aliphatic heterocycles. The topological polar surface area (TPSA) is 81.2 Å². The molecule has 2 aromatic rings. The van der Waals surface area contributed by atoms with Gasteiger partial charge in [-0.05, 0) is 19.9 Å². The molecule has 0 bridgehead atoms. The number of hydrogen-bond acceptors (Lipinski definition) is 5. The third kappa shape index (κ3) is 2.65. The maximum atomic E-state index is 10.8. The Morgan fingerprint density at radius 3 is 2.78 bits per heavy atom. The van der Waals surface area contributed by atoms with Gasteiger partial charge in [0, 0.05) is 23.4 Å². The molecule has 1 heterocycles. The molecule has 6 nitrogen and oxygen atoms in total. The van der Waals surface area contributed by atoms with Crippen molar-refractivity contribution < 1.29 is 9.45 Å². The lowest BCUT2D eigenvalue weighted by atomic mass is 10.2. The molecule has 94 valence electrons. The van der Waals surface area contributed by atoms with E-state index >= 15 is 0 Å². The van der Waals surface area contributed by atoms with E-state index in [-0.39, 0.29) is 10.6 Å². The first-order valence-corrected chi connectivity index (χ1v) is 5.47. The number of nitro benzene ring substituents is 1. The number of nitro groups is 1. The normalized spacial score (nSPS) is 10.3. The molecule has 0 spiro atoms. The van der Waals surface area contributed by atoms with Gasteiger partial charge in [-0.2, -0.15) is 0 Å². The second kappa shape index (κ2) is 4.87. The summed E-state index contributed by atoms with van der Waals surface area (Å²) in [4.78, 5) is 10.4. The maximum Gasteiger partial charge on any atom is 0.274 e. The van der Waals surface area contributed by atoms with Crippen molar-refractivity contribution in [3.05, 3.63) is 51.4 Å². The molecule has 0 amide bonds. The van der Waals surface area contributed by atoms with Gasteiger partial charge in [0.05, 0.1) is 11.5 Å². The quantitative estimate of drug-likeness (QED) is 0.663. The SMILES string of the molecule is Cc1cc(CNc2ccc(C)c([N+](=O)[O-])c2)no1. The van der Waals surface area contributed by atoms with Gasteiger partial charge in [-0.25, -0.2) is 0 Å². The second-order valence-electron chi connectivity index (χ2n) is 4.04. The zero-order valence-corrected chi connectivity index (χ0v) is 10.1. The van der Waals surface area contributed by atoms with Crippen molar-refractivity contribution in [2.24, 2.45) is 0 Å². The van der Waals surface area contributed by atoms with E-state index in [0.717, 1.165) is 11.5 Å². The molecule has 1 N–H and O–H groups in total. The average Bonchev–Trinajstić information content (AvgIpc) is 2.74. The Morgan fingerprint density at radius 2 is 2.17 bits per heavy atom. The summed E-state index contributed by atoms with van der Waals surface area (Å²) in [7, 11) is 0. The molecule has 18 heavy (non-hydrogen) atoms. The fourth-order valence-corrected chi connectivity index (χ4v) is 1.61. The molecule has 0 atom stereocenters. The van der Waals surface area contributed by atoms with Gasteiger partial charge < -0.3 is 9.84 Å². The first-order valence-electron chi connectivity index (χ1n) is 5.47. The van der Waals surface area contributed by atoms with Crippen LogP contribution in [0.25, 0.3) is 0 Å². The van der Waals surface area contributed by atoms with Gasteiger partial charge in [0.25, 0.3) is 5.69 Å². The van der Waals surface area contributed by atoms with Crippen LogP contribution in [0.4, 0.5) is 11.4 Å². The number of rotatable bonds is 4. The monoisotopic (exact) mass is 247 g/mol. The smallest absolute Gasteiger partial charge is 0.274 e. The van der Waals surface area contributed by atoms with Crippen molar-refractivity contribution in [3.63, 3.8) is 0 Å². The van der Waals surface area contributed by atoms with Crippen molar-refractivity contribution in [2.45, 2.75) is 20.4 Å². The fourth-order valence-electron chi connectivity index (χ4n) is 1.61. The number of aromatic nitrogens is 1. The van der Waals surface area contributed by atoms with Crippen LogP contribution in [0.5, 0.6) is 0 Å². The highest BCUT2D eigenvalue weighted by Gasteiger charge is 2.11. The first kappa shape index (κ1) is 12.1. The van der Waals surface area contributed by atoms with Crippen molar-refractivity contribution in [1.82, 2.24) is 5.16 Å². The fraction of sp³-hybridized carbons (Fsp3) is 0.250. The largest absolute Gasteiger partial charge is 0.379 e. The zero-order chi connectivity index (χ0) is 13.1. The van der Waals surface area contributed by atoms with E-state index < -0.39 is 0 Å². The summed E-state index contributed by atoms with van der Waals surface area (Å²) < 4.78 is 4.94. The summed E-state index contributed by atoms with van der Waals surface area (Å²) in [6.07, 6.45) is 0. The highest BCUT2D eigenvalue weighted by Crippen LogP contribution is 2.22. The number of anilines is 1. The highest BCUT2D eigenvalue weighted by atomic mass is 16.6. The molecule has 0 saturated heterocycles. The van der Waals surface area contributed by atoms with E-state index in [1.54, 1.807) is 19.1 Å². The van der Waals surface area contributed by atoms with Crippen LogP contribution in [0.1, 0.15) is 17.0 Å². The van der Waals surface area contributed by atoms with E-state index in [9.17, 15) is 10.1 Å². The minimum absolute atomic E-state index is 0.108. The third-order valence-electron chi connectivity index (χ3n) is 2.56. The number of nitrogens with zero attached hydrogens (tertiary/aromatic N) is 2. The van der Waals surface area contributed by atoms with Crippen LogP contribution in [0.15, 0.2) is 28.8 Å². The van der Waals surface area contributed by atoms with Gasteiger partial charge in [0.2, 0.25) is 0 Å². The Kier molecular flexibility index (Phi) is 3.27. The Hall–Kier alpha value is -2.37. The summed E-state index contributed by atoms with van der Waals surface area (Å²) >= 11 is 0. The first-order chi connectivity index (χ1) is 8.56. The molecule has 2 rings (SSSR count). The lowest BCUT2D eigenvalue weighted by Crippen LogP contribution is -2.01. The summed E-state index contributed by atoms with van der Waals surface area (Å²) in [6.45, 7) is 3.99. The Morgan fingerprint density at radius 1 is 1.39 bits per heavy atom. The van der Waals surface area contributed by atoms with E-state index in [1.807, 2.05) is 13.0 Å². The predicted molar refractivity (Wildman–Crippen MR) is 66.4 cm³/mol. The Bertz CT molecular complexity index is 578. The predicted octanol–water partition coefficient (Wildman–Crippen LogP) is 2.81. The summed E-state index contributed by atoms with van der Waals surface area (Å²) in [6, 6.07) is 6.85.